The normalized spacial score (nSPS) is 26.1. The minimum atomic E-state index is -0.214. The lowest BCUT2D eigenvalue weighted by Gasteiger charge is -2.41. The van der Waals surface area contributed by atoms with Crippen LogP contribution in [0.3, 0.4) is 0 Å². The second-order valence-corrected chi connectivity index (χ2v) is 6.80. The van der Waals surface area contributed by atoms with E-state index in [-0.39, 0.29) is 17.5 Å². The standard InChI is InChI=1S/C17H23ClFNO/c1-20-16(15-13(18)5-4-6-14(15)19)12-7-10-21-17(11-12)8-2-3-9-17/h4-6,12,16,20H,2-3,7-11H2,1H3. The van der Waals surface area contributed by atoms with Crippen molar-refractivity contribution >= 4 is 11.6 Å². The molecule has 2 unspecified atom stereocenters. The second kappa shape index (κ2) is 6.23. The molecule has 0 bridgehead atoms. The molecule has 1 saturated heterocycles. The Kier molecular flexibility index (Phi) is 4.53. The van der Waals surface area contributed by atoms with Gasteiger partial charge in [0.2, 0.25) is 0 Å². The van der Waals surface area contributed by atoms with Gasteiger partial charge in [0.15, 0.2) is 0 Å². The third-order valence-corrected chi connectivity index (χ3v) is 5.47. The maximum Gasteiger partial charge on any atom is 0.129 e. The lowest BCUT2D eigenvalue weighted by molar-refractivity contribution is -0.0980. The van der Waals surface area contributed by atoms with Crippen LogP contribution in [0, 0.1) is 11.7 Å². The van der Waals surface area contributed by atoms with E-state index >= 15 is 0 Å². The fraction of sp³-hybridized carbons (Fsp3) is 0.647. The average Bonchev–Trinajstić information content (AvgIpc) is 2.91. The van der Waals surface area contributed by atoms with Gasteiger partial charge in [-0.05, 0) is 50.8 Å². The molecule has 2 atom stereocenters. The quantitative estimate of drug-likeness (QED) is 0.888. The number of rotatable bonds is 3. The molecule has 1 heterocycles. The molecule has 1 aliphatic heterocycles. The van der Waals surface area contributed by atoms with Gasteiger partial charge in [-0.15, -0.1) is 0 Å². The van der Waals surface area contributed by atoms with E-state index in [2.05, 4.69) is 5.32 Å². The molecule has 1 saturated carbocycles. The largest absolute Gasteiger partial charge is 0.375 e. The Morgan fingerprint density at radius 3 is 2.81 bits per heavy atom. The molecule has 1 spiro atoms. The fourth-order valence-electron chi connectivity index (χ4n) is 4.14. The van der Waals surface area contributed by atoms with Crippen LogP contribution in [-0.2, 0) is 4.74 Å². The Hall–Kier alpha value is -0.640. The van der Waals surface area contributed by atoms with E-state index in [1.165, 1.54) is 18.9 Å². The molecular weight excluding hydrogens is 289 g/mol. The molecule has 2 fully saturated rings. The first-order valence-electron chi connectivity index (χ1n) is 7.90. The predicted molar refractivity (Wildman–Crippen MR) is 83.1 cm³/mol. The Morgan fingerprint density at radius 2 is 2.14 bits per heavy atom. The van der Waals surface area contributed by atoms with Crippen LogP contribution in [0.15, 0.2) is 18.2 Å². The van der Waals surface area contributed by atoms with Crippen molar-refractivity contribution in [3.05, 3.63) is 34.6 Å². The minimum absolute atomic E-state index is 0.0374. The molecule has 1 aromatic carbocycles. The first-order valence-corrected chi connectivity index (χ1v) is 8.28. The number of hydrogen-bond donors (Lipinski definition) is 1. The molecule has 0 aromatic heterocycles. The highest BCUT2D eigenvalue weighted by Crippen LogP contribution is 2.46. The van der Waals surface area contributed by atoms with Crippen LogP contribution in [0.4, 0.5) is 4.39 Å². The SMILES string of the molecule is CNC(c1c(F)cccc1Cl)C1CCOC2(CCCC2)C1. The van der Waals surface area contributed by atoms with Gasteiger partial charge in [-0.2, -0.15) is 0 Å². The summed E-state index contributed by atoms with van der Waals surface area (Å²) >= 11 is 6.26. The van der Waals surface area contributed by atoms with Crippen LogP contribution in [0.2, 0.25) is 5.02 Å². The van der Waals surface area contributed by atoms with Gasteiger partial charge in [0, 0.05) is 23.2 Å². The number of hydrogen-bond acceptors (Lipinski definition) is 2. The average molecular weight is 312 g/mol. The predicted octanol–water partition coefficient (Wildman–Crippen LogP) is 4.48. The van der Waals surface area contributed by atoms with Gasteiger partial charge in [0.05, 0.1) is 5.60 Å². The Labute approximate surface area is 131 Å². The molecule has 21 heavy (non-hydrogen) atoms. The van der Waals surface area contributed by atoms with Crippen LogP contribution in [0.5, 0.6) is 0 Å². The molecule has 4 heteroatoms. The molecule has 3 rings (SSSR count). The summed E-state index contributed by atoms with van der Waals surface area (Å²) in [7, 11) is 1.89. The zero-order valence-electron chi connectivity index (χ0n) is 12.5. The Bertz CT molecular complexity index is 481. The van der Waals surface area contributed by atoms with E-state index < -0.39 is 0 Å². The van der Waals surface area contributed by atoms with Crippen LogP contribution in [0.25, 0.3) is 0 Å². The Morgan fingerprint density at radius 1 is 1.38 bits per heavy atom. The maximum absolute atomic E-state index is 14.3. The molecule has 0 radical (unpaired) electrons. The van der Waals surface area contributed by atoms with Gasteiger partial charge in [-0.25, -0.2) is 4.39 Å². The zero-order chi connectivity index (χ0) is 14.9. The highest BCUT2D eigenvalue weighted by Gasteiger charge is 2.42. The van der Waals surface area contributed by atoms with Crippen molar-refractivity contribution in [2.45, 2.75) is 50.2 Å². The monoisotopic (exact) mass is 311 g/mol. The molecule has 0 amide bonds. The van der Waals surface area contributed by atoms with Gasteiger partial charge < -0.3 is 10.1 Å². The molecule has 116 valence electrons. The van der Waals surface area contributed by atoms with E-state index in [4.69, 9.17) is 16.3 Å². The van der Waals surface area contributed by atoms with E-state index in [1.54, 1.807) is 12.1 Å². The van der Waals surface area contributed by atoms with Crippen LogP contribution < -0.4 is 5.32 Å². The molecule has 2 nitrogen and oxygen atoms in total. The molecule has 1 N–H and O–H groups in total. The first kappa shape index (κ1) is 15.3. The highest BCUT2D eigenvalue weighted by atomic mass is 35.5. The van der Waals surface area contributed by atoms with E-state index in [1.807, 2.05) is 7.05 Å². The summed E-state index contributed by atoms with van der Waals surface area (Å²) in [6.45, 7) is 0.773. The van der Waals surface area contributed by atoms with Gasteiger partial charge >= 0.3 is 0 Å². The summed E-state index contributed by atoms with van der Waals surface area (Å²) in [6, 6.07) is 4.89. The maximum atomic E-state index is 14.3. The van der Waals surface area contributed by atoms with Crippen molar-refractivity contribution in [1.29, 1.82) is 0 Å². The van der Waals surface area contributed by atoms with Gasteiger partial charge in [0.1, 0.15) is 5.82 Å². The number of benzene rings is 1. The second-order valence-electron chi connectivity index (χ2n) is 6.39. The minimum Gasteiger partial charge on any atom is -0.375 e. The third-order valence-electron chi connectivity index (χ3n) is 5.14. The van der Waals surface area contributed by atoms with E-state index in [0.29, 0.717) is 16.5 Å². The molecule has 1 aliphatic carbocycles. The van der Waals surface area contributed by atoms with E-state index in [0.717, 1.165) is 32.3 Å². The highest BCUT2D eigenvalue weighted by molar-refractivity contribution is 6.31. The van der Waals surface area contributed by atoms with Gasteiger partial charge in [-0.1, -0.05) is 30.5 Å². The lowest BCUT2D eigenvalue weighted by Crippen LogP contribution is -2.41. The summed E-state index contributed by atoms with van der Waals surface area (Å²) in [5.41, 5.74) is 0.650. The summed E-state index contributed by atoms with van der Waals surface area (Å²) < 4.78 is 20.3. The summed E-state index contributed by atoms with van der Waals surface area (Å²) in [4.78, 5) is 0. The van der Waals surface area contributed by atoms with Crippen molar-refractivity contribution in [1.82, 2.24) is 5.32 Å². The summed E-state index contributed by atoms with van der Waals surface area (Å²) in [5, 5.41) is 3.81. The van der Waals surface area contributed by atoms with Crippen molar-refractivity contribution in [2.24, 2.45) is 5.92 Å². The first-order chi connectivity index (χ1) is 10.2. The van der Waals surface area contributed by atoms with Crippen molar-refractivity contribution in [3.8, 4) is 0 Å². The fourth-order valence-corrected chi connectivity index (χ4v) is 4.42. The molecule has 1 aromatic rings. The topological polar surface area (TPSA) is 21.3 Å². The third kappa shape index (κ3) is 2.96. The van der Waals surface area contributed by atoms with Crippen LogP contribution >= 0.6 is 11.6 Å². The van der Waals surface area contributed by atoms with Crippen LogP contribution in [-0.4, -0.2) is 19.3 Å². The van der Waals surface area contributed by atoms with Crippen molar-refractivity contribution < 1.29 is 9.13 Å². The zero-order valence-corrected chi connectivity index (χ0v) is 13.3. The smallest absolute Gasteiger partial charge is 0.129 e. The number of ether oxygens (including phenoxy) is 1. The van der Waals surface area contributed by atoms with E-state index in [9.17, 15) is 4.39 Å². The van der Waals surface area contributed by atoms with Crippen molar-refractivity contribution in [3.63, 3.8) is 0 Å². The summed E-state index contributed by atoms with van der Waals surface area (Å²) in [5.74, 6) is 0.157. The molecule has 2 aliphatic rings. The van der Waals surface area contributed by atoms with Gasteiger partial charge in [0.25, 0.3) is 0 Å². The van der Waals surface area contributed by atoms with Crippen LogP contribution in [0.1, 0.15) is 50.1 Å². The van der Waals surface area contributed by atoms with Crippen molar-refractivity contribution in [2.75, 3.05) is 13.7 Å². The number of nitrogens with one attached hydrogen (secondary N) is 1. The number of halogens is 2. The van der Waals surface area contributed by atoms with Gasteiger partial charge in [-0.3, -0.25) is 0 Å². The lowest BCUT2D eigenvalue weighted by atomic mass is 9.78. The Balaban J connectivity index is 1.86. The molecular formula is C17H23ClFNO. The summed E-state index contributed by atoms with van der Waals surface area (Å²) in [6.07, 6.45) is 6.74.